The average Bonchev–Trinajstić information content (AvgIpc) is 3.05. The second-order valence-corrected chi connectivity index (χ2v) is 4.38. The zero-order valence-electron chi connectivity index (χ0n) is 11.9. The lowest BCUT2D eigenvalue weighted by molar-refractivity contribution is 0.110. The Bertz CT molecular complexity index is 813. The largest absolute Gasteiger partial charge is 0.490 e. The summed E-state index contributed by atoms with van der Waals surface area (Å²) in [6, 6.07) is 6.48. The third kappa shape index (κ3) is 2.82. The van der Waals surface area contributed by atoms with Crippen LogP contribution < -0.4 is 10.2 Å². The van der Waals surface area contributed by atoms with Crippen LogP contribution in [-0.2, 0) is 4.74 Å². The third-order valence-corrected chi connectivity index (χ3v) is 2.97. The van der Waals surface area contributed by atoms with E-state index >= 15 is 0 Å². The molecule has 3 rings (SSSR count). The van der Waals surface area contributed by atoms with E-state index in [1.807, 2.05) is 6.92 Å². The summed E-state index contributed by atoms with van der Waals surface area (Å²) in [4.78, 5) is 12.3. The summed E-state index contributed by atoms with van der Waals surface area (Å²) in [5, 5.41) is 13.7. The van der Waals surface area contributed by atoms with E-state index in [0.717, 1.165) is 0 Å². The normalized spacial score (nSPS) is 11.0. The first-order chi connectivity index (χ1) is 10.8. The Labute approximate surface area is 125 Å². The minimum absolute atomic E-state index is 0.224. The number of nitrogens with zero attached hydrogens (tertiary/aromatic N) is 3. The van der Waals surface area contributed by atoms with Gasteiger partial charge in [-0.2, -0.15) is 5.21 Å². The van der Waals surface area contributed by atoms with Crippen LogP contribution in [0.5, 0.6) is 5.75 Å². The van der Waals surface area contributed by atoms with Crippen LogP contribution in [0.3, 0.4) is 0 Å². The molecule has 2 aromatic heterocycles. The number of benzene rings is 1. The molecule has 0 aliphatic rings. The lowest BCUT2D eigenvalue weighted by Crippen LogP contribution is -2.09. The summed E-state index contributed by atoms with van der Waals surface area (Å²) in [7, 11) is 0. The number of rotatable bonds is 6. The molecule has 22 heavy (non-hydrogen) atoms. The van der Waals surface area contributed by atoms with Crippen LogP contribution in [0.4, 0.5) is 0 Å². The van der Waals surface area contributed by atoms with Gasteiger partial charge in [-0.15, -0.1) is 10.2 Å². The van der Waals surface area contributed by atoms with Crippen molar-refractivity contribution in [2.45, 2.75) is 6.92 Å². The fraction of sp³-hybridized carbons (Fsp3) is 0.286. The van der Waals surface area contributed by atoms with Crippen molar-refractivity contribution in [3.63, 3.8) is 0 Å². The number of fused-ring (bicyclic) bond motifs is 1. The van der Waals surface area contributed by atoms with Gasteiger partial charge >= 0.3 is 0 Å². The maximum absolute atomic E-state index is 12.3. The first-order valence-corrected chi connectivity index (χ1v) is 6.81. The van der Waals surface area contributed by atoms with Crippen LogP contribution in [0, 0.1) is 0 Å². The van der Waals surface area contributed by atoms with E-state index in [0.29, 0.717) is 36.5 Å². The topological polar surface area (TPSA) is 103 Å². The van der Waals surface area contributed by atoms with E-state index in [1.54, 1.807) is 18.2 Å². The number of hydrogen-bond donors (Lipinski definition) is 1. The lowest BCUT2D eigenvalue weighted by Gasteiger charge is -2.08. The maximum Gasteiger partial charge on any atom is 0.239 e. The maximum atomic E-state index is 12.3. The van der Waals surface area contributed by atoms with Crippen molar-refractivity contribution >= 4 is 11.0 Å². The Kier molecular flexibility index (Phi) is 4.10. The quantitative estimate of drug-likeness (QED) is 0.686. The minimum atomic E-state index is -0.229. The molecule has 1 aromatic carbocycles. The van der Waals surface area contributed by atoms with E-state index in [4.69, 9.17) is 13.9 Å². The second-order valence-electron chi connectivity index (χ2n) is 4.38. The van der Waals surface area contributed by atoms with Crippen molar-refractivity contribution in [1.82, 2.24) is 20.6 Å². The average molecular weight is 302 g/mol. The highest BCUT2D eigenvalue weighted by Gasteiger charge is 2.13. The highest BCUT2D eigenvalue weighted by Crippen LogP contribution is 2.25. The first kappa shape index (κ1) is 14.2. The van der Waals surface area contributed by atoms with Gasteiger partial charge in [-0.05, 0) is 24.3 Å². The number of nitrogens with one attached hydrogen (secondary N) is 1. The summed E-state index contributed by atoms with van der Waals surface area (Å²) < 4.78 is 16.5. The molecule has 0 spiro atoms. The van der Waals surface area contributed by atoms with Gasteiger partial charge in [0.05, 0.1) is 6.61 Å². The molecular formula is C14H14N4O4. The Balaban J connectivity index is 1.97. The van der Waals surface area contributed by atoms with Crippen molar-refractivity contribution in [2.75, 3.05) is 19.8 Å². The molecular weight excluding hydrogens is 288 g/mol. The minimum Gasteiger partial charge on any atom is -0.490 e. The Hall–Kier alpha value is -2.74. The molecule has 0 amide bonds. The zero-order chi connectivity index (χ0) is 15.4. The van der Waals surface area contributed by atoms with Gasteiger partial charge in [0.2, 0.25) is 5.82 Å². The number of H-pyrrole nitrogens is 1. The molecule has 0 atom stereocenters. The molecule has 0 radical (unpaired) electrons. The highest BCUT2D eigenvalue weighted by molar-refractivity contribution is 5.84. The van der Waals surface area contributed by atoms with Gasteiger partial charge in [-0.25, -0.2) is 0 Å². The highest BCUT2D eigenvalue weighted by atomic mass is 16.5. The van der Waals surface area contributed by atoms with Crippen LogP contribution in [0.1, 0.15) is 6.92 Å². The molecule has 8 heteroatoms. The van der Waals surface area contributed by atoms with Crippen LogP contribution in [0.2, 0.25) is 0 Å². The molecule has 2 heterocycles. The van der Waals surface area contributed by atoms with Crippen LogP contribution >= 0.6 is 0 Å². The Morgan fingerprint density at radius 3 is 3.00 bits per heavy atom. The van der Waals surface area contributed by atoms with Crippen molar-refractivity contribution in [2.24, 2.45) is 0 Å². The molecule has 0 unspecified atom stereocenters. The fourth-order valence-electron chi connectivity index (χ4n) is 2.03. The summed E-state index contributed by atoms with van der Waals surface area (Å²) in [5.41, 5.74) is 0.175. The van der Waals surface area contributed by atoms with Crippen molar-refractivity contribution in [3.8, 4) is 17.3 Å². The molecule has 0 fully saturated rings. The number of ether oxygens (including phenoxy) is 2. The van der Waals surface area contributed by atoms with Crippen molar-refractivity contribution in [1.29, 1.82) is 0 Å². The molecule has 3 aromatic rings. The smallest absolute Gasteiger partial charge is 0.239 e. The van der Waals surface area contributed by atoms with Crippen LogP contribution in [-0.4, -0.2) is 40.4 Å². The third-order valence-electron chi connectivity index (χ3n) is 2.97. The van der Waals surface area contributed by atoms with Crippen LogP contribution in [0.25, 0.3) is 22.6 Å². The molecule has 0 saturated carbocycles. The zero-order valence-corrected chi connectivity index (χ0v) is 11.9. The summed E-state index contributed by atoms with van der Waals surface area (Å²) >= 11 is 0. The van der Waals surface area contributed by atoms with Gasteiger partial charge in [0.25, 0.3) is 0 Å². The van der Waals surface area contributed by atoms with Crippen molar-refractivity contribution in [3.05, 3.63) is 34.5 Å². The van der Waals surface area contributed by atoms with E-state index in [-0.39, 0.29) is 17.0 Å². The summed E-state index contributed by atoms with van der Waals surface area (Å²) in [6.07, 6.45) is 0. The van der Waals surface area contributed by atoms with E-state index < -0.39 is 0 Å². The summed E-state index contributed by atoms with van der Waals surface area (Å²) in [6.45, 7) is 3.35. The molecule has 0 bridgehead atoms. The van der Waals surface area contributed by atoms with Gasteiger partial charge in [0.15, 0.2) is 11.2 Å². The number of aromatic amines is 1. The standard InChI is InChI=1S/C14H14N4O4/c1-2-20-6-7-21-10-4-3-5-11-13(10)9(19)8-12(22-11)14-15-17-18-16-14/h3-5,8H,2,6-7H2,1H3,(H,15,16,17,18). The lowest BCUT2D eigenvalue weighted by atomic mass is 10.2. The molecule has 8 nitrogen and oxygen atoms in total. The van der Waals surface area contributed by atoms with Gasteiger partial charge in [0.1, 0.15) is 23.3 Å². The Morgan fingerprint density at radius 1 is 1.32 bits per heavy atom. The number of tetrazole rings is 1. The number of aromatic nitrogens is 4. The predicted octanol–water partition coefficient (Wildman–Crippen LogP) is 1.39. The molecule has 0 aliphatic carbocycles. The molecule has 1 N–H and O–H groups in total. The Morgan fingerprint density at radius 2 is 2.23 bits per heavy atom. The molecule has 0 aliphatic heterocycles. The summed E-state index contributed by atoms with van der Waals surface area (Å²) in [5.74, 6) is 0.935. The van der Waals surface area contributed by atoms with E-state index in [9.17, 15) is 4.79 Å². The van der Waals surface area contributed by atoms with Gasteiger partial charge in [0, 0.05) is 12.7 Å². The second kappa shape index (κ2) is 6.35. The number of hydrogen-bond acceptors (Lipinski definition) is 7. The van der Waals surface area contributed by atoms with E-state index in [2.05, 4.69) is 20.6 Å². The van der Waals surface area contributed by atoms with Gasteiger partial charge in [-0.3, -0.25) is 4.79 Å². The molecule has 0 saturated heterocycles. The van der Waals surface area contributed by atoms with Gasteiger partial charge in [-0.1, -0.05) is 6.07 Å². The van der Waals surface area contributed by atoms with E-state index in [1.165, 1.54) is 6.07 Å². The van der Waals surface area contributed by atoms with Gasteiger partial charge < -0.3 is 13.9 Å². The SMILES string of the molecule is CCOCCOc1cccc2oc(-c3nn[nH]n3)cc(=O)c12. The first-order valence-electron chi connectivity index (χ1n) is 6.81. The monoisotopic (exact) mass is 302 g/mol. The fourth-order valence-corrected chi connectivity index (χ4v) is 2.03. The van der Waals surface area contributed by atoms with Crippen molar-refractivity contribution < 1.29 is 13.9 Å². The molecule has 114 valence electrons. The van der Waals surface area contributed by atoms with Crippen LogP contribution in [0.15, 0.2) is 33.5 Å². The predicted molar refractivity (Wildman–Crippen MR) is 77.6 cm³/mol.